The van der Waals surface area contributed by atoms with E-state index in [4.69, 9.17) is 15.2 Å². The molecule has 1 aliphatic heterocycles. The number of nitrogen functional groups attached to an aromatic ring is 1. The Kier molecular flexibility index (Phi) is 3.74. The van der Waals surface area contributed by atoms with Crippen molar-refractivity contribution >= 4 is 16.5 Å². The van der Waals surface area contributed by atoms with E-state index in [1.54, 1.807) is 0 Å². The molecule has 0 aromatic carbocycles. The van der Waals surface area contributed by atoms with Gasteiger partial charge in [-0.2, -0.15) is 0 Å². The zero-order chi connectivity index (χ0) is 10.5. The molecule has 0 amide bonds. The third-order valence-electron chi connectivity index (χ3n) is 2.51. The maximum atomic E-state index is 5.45. The smallest absolute Gasteiger partial charge is 0.295 e. The lowest BCUT2D eigenvalue weighted by Crippen LogP contribution is -2.17. The maximum Gasteiger partial charge on any atom is 0.295 e. The summed E-state index contributed by atoms with van der Waals surface area (Å²) in [4.78, 5) is 0. The van der Waals surface area contributed by atoms with Crippen molar-refractivity contribution < 1.29 is 9.47 Å². The van der Waals surface area contributed by atoms with Crippen LogP contribution >= 0.6 is 11.3 Å². The standard InChI is InChI=1S/C9H15N3O2S/c10-8-11-12-9(15-8)14-6-3-7-1-4-13-5-2-7/h7H,1-6H2,(H2,10,11). The first kappa shape index (κ1) is 10.6. The molecule has 6 heteroatoms. The zero-order valence-corrected chi connectivity index (χ0v) is 9.33. The van der Waals surface area contributed by atoms with Crippen molar-refractivity contribution in [1.82, 2.24) is 10.2 Å². The van der Waals surface area contributed by atoms with Gasteiger partial charge in [-0.15, -0.1) is 5.10 Å². The molecule has 1 aromatic heterocycles. The van der Waals surface area contributed by atoms with Gasteiger partial charge in [0.15, 0.2) is 0 Å². The third kappa shape index (κ3) is 3.32. The predicted molar refractivity (Wildman–Crippen MR) is 58.0 cm³/mol. The number of ether oxygens (including phenoxy) is 2. The lowest BCUT2D eigenvalue weighted by Gasteiger charge is -2.21. The monoisotopic (exact) mass is 229 g/mol. The van der Waals surface area contributed by atoms with E-state index in [0.29, 0.717) is 16.9 Å². The van der Waals surface area contributed by atoms with Gasteiger partial charge in [0, 0.05) is 13.2 Å². The number of rotatable bonds is 4. The first-order valence-electron chi connectivity index (χ1n) is 5.14. The SMILES string of the molecule is Nc1nnc(OCCC2CCOCC2)s1. The van der Waals surface area contributed by atoms with E-state index in [-0.39, 0.29) is 0 Å². The Bertz CT molecular complexity index is 299. The van der Waals surface area contributed by atoms with E-state index in [0.717, 1.165) is 38.4 Å². The van der Waals surface area contributed by atoms with Crippen molar-refractivity contribution in [3.05, 3.63) is 0 Å². The Morgan fingerprint density at radius 2 is 2.20 bits per heavy atom. The molecule has 84 valence electrons. The summed E-state index contributed by atoms with van der Waals surface area (Å²) in [7, 11) is 0. The molecule has 2 rings (SSSR count). The van der Waals surface area contributed by atoms with Gasteiger partial charge in [0.1, 0.15) is 0 Å². The first-order chi connectivity index (χ1) is 7.34. The van der Waals surface area contributed by atoms with Crippen LogP contribution in [0.4, 0.5) is 5.13 Å². The number of hydrogen-bond acceptors (Lipinski definition) is 6. The lowest BCUT2D eigenvalue weighted by molar-refractivity contribution is 0.0593. The molecule has 1 fully saturated rings. The molecule has 1 saturated heterocycles. The summed E-state index contributed by atoms with van der Waals surface area (Å²) in [6, 6.07) is 0. The van der Waals surface area contributed by atoms with Crippen LogP contribution in [0.15, 0.2) is 0 Å². The van der Waals surface area contributed by atoms with E-state index in [1.165, 1.54) is 11.3 Å². The maximum absolute atomic E-state index is 5.45. The average molecular weight is 229 g/mol. The molecule has 5 nitrogen and oxygen atoms in total. The highest BCUT2D eigenvalue weighted by Crippen LogP contribution is 2.22. The zero-order valence-electron chi connectivity index (χ0n) is 8.52. The first-order valence-corrected chi connectivity index (χ1v) is 5.96. The topological polar surface area (TPSA) is 70.3 Å². The number of hydrogen-bond donors (Lipinski definition) is 1. The van der Waals surface area contributed by atoms with Gasteiger partial charge in [-0.05, 0) is 36.5 Å². The number of anilines is 1. The molecule has 1 aliphatic rings. The minimum absolute atomic E-state index is 0.455. The molecule has 0 atom stereocenters. The summed E-state index contributed by atoms with van der Waals surface area (Å²) in [5, 5.41) is 8.50. The van der Waals surface area contributed by atoms with Crippen LogP contribution in [0, 0.1) is 5.92 Å². The minimum Gasteiger partial charge on any atom is -0.469 e. The quantitative estimate of drug-likeness (QED) is 0.843. The summed E-state index contributed by atoms with van der Waals surface area (Å²) in [5.74, 6) is 0.726. The second kappa shape index (κ2) is 5.27. The summed E-state index contributed by atoms with van der Waals surface area (Å²) in [6.45, 7) is 2.46. The number of nitrogens with zero attached hydrogens (tertiary/aromatic N) is 2. The fourth-order valence-electron chi connectivity index (χ4n) is 1.63. The predicted octanol–water partition coefficient (Wildman–Crippen LogP) is 1.32. The van der Waals surface area contributed by atoms with E-state index in [2.05, 4.69) is 10.2 Å². The second-order valence-electron chi connectivity index (χ2n) is 3.60. The van der Waals surface area contributed by atoms with Crippen molar-refractivity contribution in [2.24, 2.45) is 5.92 Å². The van der Waals surface area contributed by atoms with E-state index >= 15 is 0 Å². The molecule has 2 N–H and O–H groups in total. The van der Waals surface area contributed by atoms with Gasteiger partial charge in [0.25, 0.3) is 5.19 Å². The molecular weight excluding hydrogens is 214 g/mol. The van der Waals surface area contributed by atoms with Crippen LogP contribution in [0.2, 0.25) is 0 Å². The molecule has 2 heterocycles. The van der Waals surface area contributed by atoms with Crippen LogP contribution < -0.4 is 10.5 Å². The van der Waals surface area contributed by atoms with Gasteiger partial charge in [-0.25, -0.2) is 0 Å². The van der Waals surface area contributed by atoms with Crippen LogP contribution in [-0.4, -0.2) is 30.0 Å². The normalized spacial score (nSPS) is 17.9. The van der Waals surface area contributed by atoms with Crippen molar-refractivity contribution in [1.29, 1.82) is 0 Å². The highest BCUT2D eigenvalue weighted by molar-refractivity contribution is 7.16. The molecule has 0 bridgehead atoms. The Morgan fingerprint density at radius 3 is 2.87 bits per heavy atom. The van der Waals surface area contributed by atoms with Crippen molar-refractivity contribution in [2.45, 2.75) is 19.3 Å². The molecule has 0 spiro atoms. The van der Waals surface area contributed by atoms with Crippen molar-refractivity contribution in [3.63, 3.8) is 0 Å². The van der Waals surface area contributed by atoms with Crippen LogP contribution in [-0.2, 0) is 4.74 Å². The highest BCUT2D eigenvalue weighted by atomic mass is 32.1. The fraction of sp³-hybridized carbons (Fsp3) is 0.778. The summed E-state index contributed by atoms with van der Waals surface area (Å²) >= 11 is 1.28. The van der Waals surface area contributed by atoms with Gasteiger partial charge >= 0.3 is 0 Å². The number of nitrogens with two attached hydrogens (primary N) is 1. The number of aromatic nitrogens is 2. The average Bonchev–Trinajstić information content (AvgIpc) is 2.66. The highest BCUT2D eigenvalue weighted by Gasteiger charge is 2.13. The summed E-state index contributed by atoms with van der Waals surface area (Å²) < 4.78 is 10.7. The third-order valence-corrected chi connectivity index (χ3v) is 3.18. The molecule has 0 aliphatic carbocycles. The fourth-order valence-corrected chi connectivity index (χ4v) is 2.11. The van der Waals surface area contributed by atoms with Gasteiger partial charge in [-0.3, -0.25) is 0 Å². The second-order valence-corrected chi connectivity index (χ2v) is 4.57. The lowest BCUT2D eigenvalue weighted by atomic mass is 9.97. The van der Waals surface area contributed by atoms with Crippen LogP contribution in [0.25, 0.3) is 0 Å². The molecule has 1 aromatic rings. The van der Waals surface area contributed by atoms with E-state index in [9.17, 15) is 0 Å². The van der Waals surface area contributed by atoms with Crippen LogP contribution in [0.1, 0.15) is 19.3 Å². The Hall–Kier alpha value is -0.880. The van der Waals surface area contributed by atoms with Gasteiger partial charge in [-0.1, -0.05) is 5.10 Å². The van der Waals surface area contributed by atoms with E-state index in [1.807, 2.05) is 0 Å². The minimum atomic E-state index is 0.455. The van der Waals surface area contributed by atoms with Crippen molar-refractivity contribution in [2.75, 3.05) is 25.6 Å². The Balaban J connectivity index is 1.65. The van der Waals surface area contributed by atoms with Crippen LogP contribution in [0.5, 0.6) is 5.19 Å². The van der Waals surface area contributed by atoms with Gasteiger partial charge < -0.3 is 15.2 Å². The van der Waals surface area contributed by atoms with Crippen molar-refractivity contribution in [3.8, 4) is 5.19 Å². The molecule has 0 saturated carbocycles. The largest absolute Gasteiger partial charge is 0.469 e. The Labute approximate surface area is 92.6 Å². The van der Waals surface area contributed by atoms with Crippen LogP contribution in [0.3, 0.4) is 0 Å². The Morgan fingerprint density at radius 1 is 1.40 bits per heavy atom. The van der Waals surface area contributed by atoms with E-state index < -0.39 is 0 Å². The summed E-state index contributed by atoms with van der Waals surface area (Å²) in [5.41, 5.74) is 5.44. The molecule has 0 radical (unpaired) electrons. The van der Waals surface area contributed by atoms with Gasteiger partial charge in [0.05, 0.1) is 6.61 Å². The molecular formula is C9H15N3O2S. The molecule has 15 heavy (non-hydrogen) atoms. The summed E-state index contributed by atoms with van der Waals surface area (Å²) in [6.07, 6.45) is 3.34. The van der Waals surface area contributed by atoms with Gasteiger partial charge in [0.2, 0.25) is 5.13 Å². The molecule has 0 unspecified atom stereocenters.